The first-order valence-electron chi connectivity index (χ1n) is 8.19. The molecule has 0 heterocycles. The SMILES string of the molecule is CC(C)S(=O)(=O)[C@H](C)C(=O)N(C)CCc1cccc2ccccc12. The van der Waals surface area contributed by atoms with Crippen LogP contribution in [0.5, 0.6) is 0 Å². The van der Waals surface area contributed by atoms with E-state index in [4.69, 9.17) is 0 Å². The fraction of sp³-hybridized carbons (Fsp3) is 0.421. The minimum atomic E-state index is -3.43. The highest BCUT2D eigenvalue weighted by molar-refractivity contribution is 7.93. The van der Waals surface area contributed by atoms with Gasteiger partial charge in [-0.05, 0) is 43.5 Å². The Morgan fingerprint density at radius 1 is 1.04 bits per heavy atom. The van der Waals surface area contributed by atoms with Crippen molar-refractivity contribution >= 4 is 26.5 Å². The highest BCUT2D eigenvalue weighted by atomic mass is 32.2. The highest BCUT2D eigenvalue weighted by Gasteiger charge is 2.32. The van der Waals surface area contributed by atoms with Gasteiger partial charge in [0.1, 0.15) is 5.25 Å². The molecule has 0 aliphatic carbocycles. The Bertz CT molecular complexity index is 822. The zero-order valence-corrected chi connectivity index (χ0v) is 15.5. The van der Waals surface area contributed by atoms with Crippen molar-refractivity contribution in [2.45, 2.75) is 37.7 Å². The average molecular weight is 347 g/mol. The Hall–Kier alpha value is -1.88. The number of rotatable bonds is 6. The van der Waals surface area contributed by atoms with E-state index >= 15 is 0 Å². The molecule has 0 saturated carbocycles. The molecular weight excluding hydrogens is 322 g/mol. The maximum atomic E-state index is 12.4. The van der Waals surface area contributed by atoms with Gasteiger partial charge in [-0.3, -0.25) is 4.79 Å². The lowest BCUT2D eigenvalue weighted by Crippen LogP contribution is -2.42. The number of carbonyl (C=O) groups is 1. The van der Waals surface area contributed by atoms with E-state index in [-0.39, 0.29) is 5.91 Å². The molecule has 0 bridgehead atoms. The molecule has 130 valence electrons. The molecule has 1 amide bonds. The maximum absolute atomic E-state index is 12.4. The van der Waals surface area contributed by atoms with E-state index in [2.05, 4.69) is 24.3 Å². The number of likely N-dealkylation sites (N-methyl/N-ethyl adjacent to an activating group) is 1. The summed E-state index contributed by atoms with van der Waals surface area (Å²) in [5.41, 5.74) is 1.16. The summed E-state index contributed by atoms with van der Waals surface area (Å²) >= 11 is 0. The van der Waals surface area contributed by atoms with E-state index in [9.17, 15) is 13.2 Å². The van der Waals surface area contributed by atoms with Crippen LogP contribution in [0.4, 0.5) is 0 Å². The predicted molar refractivity (Wildman–Crippen MR) is 98.8 cm³/mol. The lowest BCUT2D eigenvalue weighted by molar-refractivity contribution is -0.129. The van der Waals surface area contributed by atoms with Crippen LogP contribution in [0.1, 0.15) is 26.3 Å². The minimum Gasteiger partial charge on any atom is -0.344 e. The van der Waals surface area contributed by atoms with Crippen LogP contribution in [0, 0.1) is 0 Å². The largest absolute Gasteiger partial charge is 0.344 e. The van der Waals surface area contributed by atoms with Crippen LogP contribution in [-0.4, -0.2) is 43.3 Å². The molecule has 0 unspecified atom stereocenters. The second-order valence-electron chi connectivity index (χ2n) is 6.43. The Morgan fingerprint density at radius 3 is 2.33 bits per heavy atom. The van der Waals surface area contributed by atoms with Crippen LogP contribution < -0.4 is 0 Å². The standard InChI is InChI=1S/C19H25NO3S/c1-14(2)24(22,23)15(3)19(21)20(4)13-12-17-10-7-9-16-8-5-6-11-18(16)17/h5-11,14-15H,12-13H2,1-4H3/t15-/m1/s1. The summed E-state index contributed by atoms with van der Waals surface area (Å²) < 4.78 is 24.4. The Balaban J connectivity index is 2.10. The molecule has 2 aromatic rings. The second kappa shape index (κ2) is 7.34. The number of fused-ring (bicyclic) bond motifs is 1. The van der Waals surface area contributed by atoms with Gasteiger partial charge in [0.2, 0.25) is 5.91 Å². The van der Waals surface area contributed by atoms with Gasteiger partial charge in [-0.15, -0.1) is 0 Å². The predicted octanol–water partition coefficient (Wildman–Crippen LogP) is 3.05. The van der Waals surface area contributed by atoms with Crippen LogP contribution >= 0.6 is 0 Å². The molecule has 2 aromatic carbocycles. The lowest BCUT2D eigenvalue weighted by Gasteiger charge is -2.23. The zero-order chi connectivity index (χ0) is 17.9. The van der Waals surface area contributed by atoms with Crippen molar-refractivity contribution < 1.29 is 13.2 Å². The molecule has 0 aliphatic heterocycles. The maximum Gasteiger partial charge on any atom is 0.240 e. The van der Waals surface area contributed by atoms with Crippen molar-refractivity contribution in [3.8, 4) is 0 Å². The molecule has 0 spiro atoms. The Labute approximate surface area is 144 Å². The van der Waals surface area contributed by atoms with Gasteiger partial charge in [0.25, 0.3) is 0 Å². The van der Waals surface area contributed by atoms with Gasteiger partial charge in [-0.2, -0.15) is 0 Å². The monoisotopic (exact) mass is 347 g/mol. The van der Waals surface area contributed by atoms with E-state index in [1.54, 1.807) is 20.9 Å². The first-order chi connectivity index (χ1) is 11.2. The molecule has 24 heavy (non-hydrogen) atoms. The average Bonchev–Trinajstić information content (AvgIpc) is 2.57. The molecule has 0 fully saturated rings. The summed E-state index contributed by atoms with van der Waals surface area (Å²) in [6.07, 6.45) is 0.692. The molecule has 0 saturated heterocycles. The van der Waals surface area contributed by atoms with Gasteiger partial charge in [0.05, 0.1) is 5.25 Å². The number of nitrogens with zero attached hydrogens (tertiary/aromatic N) is 1. The van der Waals surface area contributed by atoms with E-state index in [1.165, 1.54) is 22.6 Å². The third kappa shape index (κ3) is 3.78. The van der Waals surface area contributed by atoms with E-state index in [1.807, 2.05) is 18.2 Å². The topological polar surface area (TPSA) is 54.5 Å². The van der Waals surface area contributed by atoms with Gasteiger partial charge in [-0.25, -0.2) is 8.42 Å². The summed E-state index contributed by atoms with van der Waals surface area (Å²) in [7, 11) is -1.76. The third-order valence-corrected chi connectivity index (χ3v) is 6.97. The van der Waals surface area contributed by atoms with E-state index in [0.29, 0.717) is 13.0 Å². The molecule has 0 radical (unpaired) electrons. The van der Waals surface area contributed by atoms with E-state index < -0.39 is 20.3 Å². The van der Waals surface area contributed by atoms with Crippen molar-refractivity contribution in [2.75, 3.05) is 13.6 Å². The summed E-state index contributed by atoms with van der Waals surface area (Å²) in [5, 5.41) is 0.779. The van der Waals surface area contributed by atoms with Crippen LogP contribution in [0.2, 0.25) is 0 Å². The number of amides is 1. The number of benzene rings is 2. The third-order valence-electron chi connectivity index (χ3n) is 4.47. The first-order valence-corrected chi connectivity index (χ1v) is 9.80. The molecule has 0 aromatic heterocycles. The van der Waals surface area contributed by atoms with Crippen molar-refractivity contribution in [1.82, 2.24) is 4.90 Å². The molecule has 0 N–H and O–H groups in total. The summed E-state index contributed by atoms with van der Waals surface area (Å²) in [6, 6.07) is 14.2. The second-order valence-corrected chi connectivity index (χ2v) is 9.26. The lowest BCUT2D eigenvalue weighted by atomic mass is 10.0. The van der Waals surface area contributed by atoms with Gasteiger partial charge < -0.3 is 4.90 Å². The summed E-state index contributed by atoms with van der Waals surface area (Å²) in [6.45, 7) is 5.18. The Morgan fingerprint density at radius 2 is 1.67 bits per heavy atom. The number of hydrogen-bond donors (Lipinski definition) is 0. The number of sulfone groups is 1. The van der Waals surface area contributed by atoms with Crippen LogP contribution in [0.25, 0.3) is 10.8 Å². The van der Waals surface area contributed by atoms with Gasteiger partial charge >= 0.3 is 0 Å². The summed E-state index contributed by atoms with van der Waals surface area (Å²) in [5.74, 6) is -0.344. The molecule has 5 heteroatoms. The van der Waals surface area contributed by atoms with Crippen LogP contribution in [-0.2, 0) is 21.1 Å². The van der Waals surface area contributed by atoms with Crippen LogP contribution in [0.3, 0.4) is 0 Å². The molecular formula is C19H25NO3S. The van der Waals surface area contributed by atoms with Crippen molar-refractivity contribution in [2.24, 2.45) is 0 Å². The van der Waals surface area contributed by atoms with Crippen molar-refractivity contribution in [3.05, 3.63) is 48.0 Å². The summed E-state index contributed by atoms with van der Waals surface area (Å²) in [4.78, 5) is 13.9. The van der Waals surface area contributed by atoms with Crippen molar-refractivity contribution in [1.29, 1.82) is 0 Å². The van der Waals surface area contributed by atoms with Gasteiger partial charge in [0.15, 0.2) is 9.84 Å². The molecule has 0 aliphatic rings. The first kappa shape index (κ1) is 18.5. The van der Waals surface area contributed by atoms with Crippen molar-refractivity contribution in [3.63, 3.8) is 0 Å². The van der Waals surface area contributed by atoms with Crippen LogP contribution in [0.15, 0.2) is 42.5 Å². The zero-order valence-electron chi connectivity index (χ0n) is 14.7. The smallest absolute Gasteiger partial charge is 0.240 e. The molecule has 1 atom stereocenters. The Kier molecular flexibility index (Phi) is 5.65. The quantitative estimate of drug-likeness (QED) is 0.807. The number of hydrogen-bond acceptors (Lipinski definition) is 3. The normalized spacial score (nSPS) is 13.2. The highest BCUT2D eigenvalue weighted by Crippen LogP contribution is 2.19. The fourth-order valence-electron chi connectivity index (χ4n) is 2.77. The molecule has 2 rings (SSSR count). The van der Waals surface area contributed by atoms with Gasteiger partial charge in [0, 0.05) is 13.6 Å². The van der Waals surface area contributed by atoms with Gasteiger partial charge in [-0.1, -0.05) is 42.5 Å². The number of carbonyl (C=O) groups excluding carboxylic acids is 1. The minimum absolute atomic E-state index is 0.344. The fourth-order valence-corrected chi connectivity index (χ4v) is 4.05. The molecule has 4 nitrogen and oxygen atoms in total. The van der Waals surface area contributed by atoms with E-state index in [0.717, 1.165) is 5.56 Å².